The van der Waals surface area contributed by atoms with Crippen molar-refractivity contribution in [1.82, 2.24) is 14.5 Å². The molecule has 3 rings (SSSR count). The number of rotatable bonds is 12. The van der Waals surface area contributed by atoms with Crippen molar-refractivity contribution in [2.75, 3.05) is 6.26 Å². The Labute approximate surface area is 247 Å². The lowest BCUT2D eigenvalue weighted by Crippen LogP contribution is -2.49. The van der Waals surface area contributed by atoms with E-state index in [0.29, 0.717) is 23.2 Å². The zero-order valence-corrected chi connectivity index (χ0v) is 26.7. The number of carboxylic acids is 1. The summed E-state index contributed by atoms with van der Waals surface area (Å²) in [7, 11) is 3.10. The van der Waals surface area contributed by atoms with Crippen molar-refractivity contribution < 1.29 is 14.7 Å². The van der Waals surface area contributed by atoms with Crippen LogP contribution in [0.5, 0.6) is 0 Å². The topological polar surface area (TPSA) is 110 Å². The number of benzene rings is 1. The van der Waals surface area contributed by atoms with Crippen LogP contribution in [0.15, 0.2) is 33.9 Å². The van der Waals surface area contributed by atoms with Crippen LogP contribution in [-0.2, 0) is 30.1 Å². The van der Waals surface area contributed by atoms with Crippen LogP contribution in [-0.4, -0.2) is 43.2 Å². The van der Waals surface area contributed by atoms with Crippen LogP contribution in [0.3, 0.4) is 0 Å². The van der Waals surface area contributed by atoms with Gasteiger partial charge >= 0.3 is 11.7 Å². The summed E-state index contributed by atoms with van der Waals surface area (Å²) in [5, 5.41) is 12.9. The van der Waals surface area contributed by atoms with E-state index >= 15 is 0 Å². The standard InChI is InChI=1S/C32H47N3O5S/c1-21-25(26(36)35(7)29(40)34(21)6)23-14-11-22(12-15-23)13-16-24(27(37)38)33-28(39)32(17-9-10-18-32)20-30(2,3)19-31(4,5)41-8/h11-12,14-15,24H,9-10,13,16-20H2,1-8H3,(H,33,39)(H,37,38)/t24-/m0/s1. The Hall–Kier alpha value is -2.81. The smallest absolute Gasteiger partial charge is 0.330 e. The highest BCUT2D eigenvalue weighted by Crippen LogP contribution is 2.50. The fourth-order valence-electron chi connectivity index (χ4n) is 6.73. The van der Waals surface area contributed by atoms with E-state index in [-0.39, 0.29) is 33.7 Å². The monoisotopic (exact) mass is 585 g/mol. The average Bonchev–Trinajstić information content (AvgIpc) is 3.37. The summed E-state index contributed by atoms with van der Waals surface area (Å²) in [6, 6.07) is 6.40. The summed E-state index contributed by atoms with van der Waals surface area (Å²) in [6.45, 7) is 10.7. The van der Waals surface area contributed by atoms with Crippen molar-refractivity contribution >= 4 is 23.6 Å². The highest BCUT2D eigenvalue weighted by molar-refractivity contribution is 7.99. The molecule has 0 saturated heterocycles. The Balaban J connectivity index is 1.73. The predicted molar refractivity (Wildman–Crippen MR) is 166 cm³/mol. The minimum atomic E-state index is -1.03. The number of nitrogens with one attached hydrogen (secondary N) is 1. The molecule has 41 heavy (non-hydrogen) atoms. The van der Waals surface area contributed by atoms with Crippen molar-refractivity contribution in [3.63, 3.8) is 0 Å². The zero-order chi connectivity index (χ0) is 30.8. The molecule has 2 aromatic rings. The Morgan fingerprint density at radius 3 is 2.17 bits per heavy atom. The molecule has 1 aliphatic carbocycles. The summed E-state index contributed by atoms with van der Waals surface area (Å²) >= 11 is 1.83. The minimum absolute atomic E-state index is 0.0565. The van der Waals surface area contributed by atoms with Gasteiger partial charge in [0.05, 0.1) is 5.56 Å². The number of hydrogen-bond donors (Lipinski definition) is 2. The van der Waals surface area contributed by atoms with Crippen LogP contribution in [0.1, 0.15) is 83.9 Å². The van der Waals surface area contributed by atoms with Gasteiger partial charge in [0.25, 0.3) is 5.56 Å². The van der Waals surface area contributed by atoms with Gasteiger partial charge in [-0.05, 0) is 68.2 Å². The van der Waals surface area contributed by atoms with Gasteiger partial charge in [-0.2, -0.15) is 11.8 Å². The number of aliphatic carboxylic acids is 1. The molecule has 0 unspecified atom stereocenters. The summed E-state index contributed by atoms with van der Waals surface area (Å²) in [6.07, 6.45) is 8.11. The summed E-state index contributed by atoms with van der Waals surface area (Å²) in [5.41, 5.74) is 1.33. The molecule has 1 saturated carbocycles. The number of carboxylic acid groups (broad SMARTS) is 1. The van der Waals surface area contributed by atoms with Gasteiger partial charge in [0.1, 0.15) is 6.04 Å². The van der Waals surface area contributed by atoms with Crippen molar-refractivity contribution in [3.05, 3.63) is 56.4 Å². The second kappa shape index (κ2) is 12.6. The molecule has 2 N–H and O–H groups in total. The molecule has 8 nitrogen and oxygen atoms in total. The van der Waals surface area contributed by atoms with Gasteiger partial charge in [0, 0.05) is 30.0 Å². The Morgan fingerprint density at radius 2 is 1.63 bits per heavy atom. The first kappa shape index (κ1) is 32.7. The molecule has 1 aromatic heterocycles. The van der Waals surface area contributed by atoms with Gasteiger partial charge in [0.15, 0.2) is 0 Å². The lowest BCUT2D eigenvalue weighted by molar-refractivity contribution is -0.144. The fraction of sp³-hybridized carbons (Fsp3) is 0.625. The van der Waals surface area contributed by atoms with Crippen LogP contribution in [0.2, 0.25) is 0 Å². The van der Waals surface area contributed by atoms with Gasteiger partial charge in [-0.1, -0.05) is 64.8 Å². The molecule has 1 amide bonds. The lowest BCUT2D eigenvalue weighted by Gasteiger charge is -2.40. The molecule has 0 radical (unpaired) electrons. The van der Waals surface area contributed by atoms with E-state index < -0.39 is 17.4 Å². The molecular formula is C32H47N3O5S. The van der Waals surface area contributed by atoms with Gasteiger partial charge < -0.3 is 15.0 Å². The molecule has 1 heterocycles. The molecule has 1 atom stereocenters. The molecule has 1 aromatic carbocycles. The number of nitrogens with zero attached hydrogens (tertiary/aromatic N) is 2. The molecular weight excluding hydrogens is 538 g/mol. The number of hydrogen-bond acceptors (Lipinski definition) is 5. The number of amides is 1. The number of thioether (sulfide) groups is 1. The first-order chi connectivity index (χ1) is 19.0. The van der Waals surface area contributed by atoms with Crippen molar-refractivity contribution in [1.29, 1.82) is 0 Å². The molecule has 9 heteroatoms. The first-order valence-corrected chi connectivity index (χ1v) is 15.7. The van der Waals surface area contributed by atoms with Gasteiger partial charge in [-0.25, -0.2) is 9.59 Å². The maximum atomic E-state index is 13.7. The number of carbonyl (C=O) groups excluding carboxylic acids is 1. The summed E-state index contributed by atoms with van der Waals surface area (Å²) in [5.74, 6) is -1.16. The van der Waals surface area contributed by atoms with E-state index in [0.717, 1.165) is 48.7 Å². The van der Waals surface area contributed by atoms with Crippen molar-refractivity contribution in [2.24, 2.45) is 24.9 Å². The third kappa shape index (κ3) is 7.53. The largest absolute Gasteiger partial charge is 0.480 e. The van der Waals surface area contributed by atoms with E-state index in [1.54, 1.807) is 14.0 Å². The van der Waals surface area contributed by atoms with E-state index in [9.17, 15) is 24.3 Å². The molecule has 0 aliphatic heterocycles. The minimum Gasteiger partial charge on any atom is -0.480 e. The Morgan fingerprint density at radius 1 is 1.05 bits per heavy atom. The Bertz CT molecular complexity index is 1380. The van der Waals surface area contributed by atoms with Crippen molar-refractivity contribution in [2.45, 2.75) is 96.8 Å². The average molecular weight is 586 g/mol. The third-order valence-corrected chi connectivity index (χ3v) is 10.1. The number of aryl methyl sites for hydroxylation is 1. The fourth-order valence-corrected chi connectivity index (χ4v) is 7.27. The second-order valence-electron chi connectivity index (χ2n) is 13.2. The quantitative estimate of drug-likeness (QED) is 0.360. The SMILES string of the molecule is CSC(C)(C)CC(C)(C)CC1(C(=O)N[C@@H](CCc2ccc(-c3c(C)n(C)c(=O)n(C)c3=O)cc2)C(=O)O)CCCC1. The number of carbonyl (C=O) groups is 2. The van der Waals surface area contributed by atoms with E-state index in [2.05, 4.69) is 39.3 Å². The highest BCUT2D eigenvalue weighted by Gasteiger charge is 2.46. The zero-order valence-electron chi connectivity index (χ0n) is 25.9. The maximum absolute atomic E-state index is 13.7. The Kier molecular flexibility index (Phi) is 10.0. The van der Waals surface area contributed by atoms with Gasteiger partial charge in [-0.3, -0.25) is 14.2 Å². The first-order valence-electron chi connectivity index (χ1n) is 14.5. The van der Waals surface area contributed by atoms with E-state index in [4.69, 9.17) is 0 Å². The van der Waals surface area contributed by atoms with E-state index in [1.165, 1.54) is 11.6 Å². The lowest BCUT2D eigenvalue weighted by atomic mass is 9.68. The predicted octanol–water partition coefficient (Wildman–Crippen LogP) is 5.07. The van der Waals surface area contributed by atoms with Crippen molar-refractivity contribution in [3.8, 4) is 11.1 Å². The molecule has 1 fully saturated rings. The van der Waals surface area contributed by atoms with E-state index in [1.807, 2.05) is 36.0 Å². The summed E-state index contributed by atoms with van der Waals surface area (Å²) < 4.78 is 2.65. The van der Waals surface area contributed by atoms with Crippen LogP contribution in [0.4, 0.5) is 0 Å². The van der Waals surface area contributed by atoms with Gasteiger partial charge in [-0.15, -0.1) is 0 Å². The summed E-state index contributed by atoms with van der Waals surface area (Å²) in [4.78, 5) is 50.9. The maximum Gasteiger partial charge on any atom is 0.330 e. The normalized spacial score (nSPS) is 16.0. The molecule has 0 spiro atoms. The number of aromatic nitrogens is 2. The second-order valence-corrected chi connectivity index (χ2v) is 14.7. The molecule has 0 bridgehead atoms. The molecule has 226 valence electrons. The van der Waals surface area contributed by atoms with Gasteiger partial charge in [0.2, 0.25) is 5.91 Å². The highest BCUT2D eigenvalue weighted by atomic mass is 32.2. The van der Waals surface area contributed by atoms with Crippen LogP contribution in [0, 0.1) is 17.8 Å². The third-order valence-electron chi connectivity index (χ3n) is 8.84. The molecule has 1 aliphatic rings. The van der Waals surface area contributed by atoms with Crippen LogP contribution in [0.25, 0.3) is 11.1 Å². The van der Waals surface area contributed by atoms with Crippen LogP contribution >= 0.6 is 11.8 Å². The van der Waals surface area contributed by atoms with Crippen LogP contribution < -0.4 is 16.6 Å².